The fourth-order valence-corrected chi connectivity index (χ4v) is 4.69. The summed E-state index contributed by atoms with van der Waals surface area (Å²) >= 11 is 0. The van der Waals surface area contributed by atoms with E-state index < -0.39 is 17.8 Å². The number of nitrogens with one attached hydrogen (secondary N) is 2. The first kappa shape index (κ1) is 27.8. The van der Waals surface area contributed by atoms with E-state index in [2.05, 4.69) is 27.5 Å². The Morgan fingerprint density at radius 3 is 2.78 bits per heavy atom. The molecular formula is C31H28F3N5O2. The summed E-state index contributed by atoms with van der Waals surface area (Å²) < 4.78 is 45.6. The van der Waals surface area contributed by atoms with Crippen LogP contribution >= 0.6 is 0 Å². The minimum absolute atomic E-state index is 0.239. The summed E-state index contributed by atoms with van der Waals surface area (Å²) in [4.78, 5) is 24.1. The molecule has 2 N–H and O–H groups in total. The van der Waals surface area contributed by atoms with Gasteiger partial charge in [-0.15, -0.1) is 0 Å². The zero-order valence-electron chi connectivity index (χ0n) is 22.5. The Morgan fingerprint density at radius 2 is 2.02 bits per heavy atom. The van der Waals surface area contributed by atoms with Crippen LogP contribution in [0.5, 0.6) is 0 Å². The quantitative estimate of drug-likeness (QED) is 0.250. The van der Waals surface area contributed by atoms with Gasteiger partial charge in [-0.2, -0.15) is 13.2 Å². The average molecular weight is 560 g/mol. The molecule has 0 spiro atoms. The van der Waals surface area contributed by atoms with Gasteiger partial charge in [0.1, 0.15) is 0 Å². The third-order valence-corrected chi connectivity index (χ3v) is 6.67. The van der Waals surface area contributed by atoms with Gasteiger partial charge in [0.05, 0.1) is 23.1 Å². The molecule has 5 rings (SSSR count). The fraction of sp³-hybridized carbons (Fsp3) is 0.258. The van der Waals surface area contributed by atoms with Crippen molar-refractivity contribution >= 4 is 23.2 Å². The number of halogens is 3. The van der Waals surface area contributed by atoms with Crippen LogP contribution in [0.2, 0.25) is 0 Å². The molecule has 0 saturated heterocycles. The number of aromatic nitrogens is 2. The lowest BCUT2D eigenvalue weighted by molar-refractivity contribution is -0.137. The molecule has 10 heteroatoms. The molecule has 0 unspecified atom stereocenters. The number of amides is 2. The summed E-state index contributed by atoms with van der Waals surface area (Å²) in [5.41, 5.74) is 2.38. The molecule has 0 aliphatic carbocycles. The standard InChI is InChI=1S/C31H28F3N5O2/c1-3-4-8-21-14-23(28-18-35-19-41-28)17-25(15-21)37-30(40)39-20(2)7-6-13-36-27-12-11-26(38-29(27)39)22-9-5-10-24(16-22)31(32,33)34/h5,9-12,14-20,36H,3,6-7,13H2,1-2H3,(H,37,40)/t20-/m1/s1. The molecule has 1 atom stereocenters. The number of nitrogens with zero attached hydrogens (tertiary/aromatic N) is 3. The van der Waals surface area contributed by atoms with Crippen LogP contribution in [-0.2, 0) is 6.18 Å². The molecule has 2 aromatic heterocycles. The molecule has 1 aliphatic heterocycles. The Balaban J connectivity index is 1.53. The summed E-state index contributed by atoms with van der Waals surface area (Å²) in [6.07, 6.45) is 0.612. The molecule has 210 valence electrons. The van der Waals surface area contributed by atoms with E-state index in [4.69, 9.17) is 9.40 Å². The SMILES string of the molecule is CCC#Cc1cc(NC(=O)N2c3nc(-c4cccc(C(F)(F)F)c4)ccc3NCCC[C@H]2C)cc(-c2cnco2)c1. The topological polar surface area (TPSA) is 83.3 Å². The van der Waals surface area contributed by atoms with Crippen molar-refractivity contribution < 1.29 is 22.4 Å². The molecule has 4 aromatic rings. The predicted octanol–water partition coefficient (Wildman–Crippen LogP) is 7.82. The number of anilines is 3. The van der Waals surface area contributed by atoms with Gasteiger partial charge in [0.2, 0.25) is 0 Å². The third kappa shape index (κ3) is 6.35. The average Bonchev–Trinajstić information content (AvgIpc) is 3.49. The highest BCUT2D eigenvalue weighted by atomic mass is 19.4. The predicted molar refractivity (Wildman–Crippen MR) is 152 cm³/mol. The summed E-state index contributed by atoms with van der Waals surface area (Å²) in [5, 5.41) is 6.29. The van der Waals surface area contributed by atoms with Crippen molar-refractivity contribution in [2.24, 2.45) is 0 Å². The third-order valence-electron chi connectivity index (χ3n) is 6.67. The number of pyridine rings is 1. The Bertz CT molecular complexity index is 1610. The van der Waals surface area contributed by atoms with Gasteiger partial charge in [-0.25, -0.2) is 14.8 Å². The molecule has 0 fully saturated rings. The van der Waals surface area contributed by atoms with Gasteiger partial charge in [0, 0.05) is 41.4 Å². The second-order valence-electron chi connectivity index (χ2n) is 9.68. The maximum atomic E-state index is 13.9. The number of carbonyl (C=O) groups is 1. The second kappa shape index (κ2) is 11.8. The van der Waals surface area contributed by atoms with Crippen LogP contribution < -0.4 is 15.5 Å². The maximum Gasteiger partial charge on any atom is 0.416 e. The number of hydrogen-bond donors (Lipinski definition) is 2. The smallest absolute Gasteiger partial charge is 0.416 e. The fourth-order valence-electron chi connectivity index (χ4n) is 4.69. The van der Waals surface area contributed by atoms with E-state index in [1.165, 1.54) is 12.5 Å². The molecule has 0 bridgehead atoms. The van der Waals surface area contributed by atoms with E-state index in [-0.39, 0.29) is 6.04 Å². The second-order valence-corrected chi connectivity index (χ2v) is 9.68. The first-order valence-electron chi connectivity index (χ1n) is 13.3. The number of urea groups is 1. The molecule has 3 heterocycles. The Labute approximate surface area is 235 Å². The molecule has 0 radical (unpaired) electrons. The summed E-state index contributed by atoms with van der Waals surface area (Å²) in [6, 6.07) is 13.2. The Kier molecular flexibility index (Phi) is 7.97. The van der Waals surface area contributed by atoms with Gasteiger partial charge in [-0.05, 0) is 62.2 Å². The van der Waals surface area contributed by atoms with E-state index in [1.807, 2.05) is 19.9 Å². The van der Waals surface area contributed by atoms with Crippen molar-refractivity contribution in [3.63, 3.8) is 0 Å². The lowest BCUT2D eigenvalue weighted by Gasteiger charge is -2.32. The Hall–Kier alpha value is -4.78. The lowest BCUT2D eigenvalue weighted by Crippen LogP contribution is -2.43. The van der Waals surface area contributed by atoms with Crippen LogP contribution in [-0.4, -0.2) is 28.6 Å². The number of oxazole rings is 1. The van der Waals surface area contributed by atoms with Gasteiger partial charge in [-0.3, -0.25) is 4.90 Å². The van der Waals surface area contributed by atoms with Gasteiger partial charge >= 0.3 is 12.2 Å². The van der Waals surface area contributed by atoms with Gasteiger partial charge in [-0.1, -0.05) is 30.9 Å². The molecule has 2 amide bonds. The summed E-state index contributed by atoms with van der Waals surface area (Å²) in [5.74, 6) is 7.00. The number of rotatable bonds is 3. The molecule has 0 saturated carbocycles. The minimum Gasteiger partial charge on any atom is -0.444 e. The van der Waals surface area contributed by atoms with E-state index >= 15 is 0 Å². The zero-order chi connectivity index (χ0) is 29.0. The van der Waals surface area contributed by atoms with Crippen LogP contribution in [0.3, 0.4) is 0 Å². The number of benzene rings is 2. The molecule has 7 nitrogen and oxygen atoms in total. The number of hydrogen-bond acceptors (Lipinski definition) is 5. The van der Waals surface area contributed by atoms with Crippen LogP contribution in [0.1, 0.15) is 44.2 Å². The molecule has 41 heavy (non-hydrogen) atoms. The molecule has 1 aliphatic rings. The summed E-state index contributed by atoms with van der Waals surface area (Å²) in [6.45, 7) is 4.55. The van der Waals surface area contributed by atoms with Gasteiger partial charge in [0.15, 0.2) is 18.0 Å². The number of alkyl halides is 3. The van der Waals surface area contributed by atoms with Crippen molar-refractivity contribution in [2.45, 2.75) is 45.3 Å². The van der Waals surface area contributed by atoms with Crippen LogP contribution in [0, 0.1) is 11.8 Å². The van der Waals surface area contributed by atoms with Crippen LogP contribution in [0.4, 0.5) is 35.2 Å². The van der Waals surface area contributed by atoms with Crippen molar-refractivity contribution in [2.75, 3.05) is 22.1 Å². The zero-order valence-corrected chi connectivity index (χ0v) is 22.5. The van der Waals surface area contributed by atoms with Crippen LogP contribution in [0.15, 0.2) is 71.6 Å². The Morgan fingerprint density at radius 1 is 1.17 bits per heavy atom. The first-order chi connectivity index (χ1) is 19.7. The highest BCUT2D eigenvalue weighted by molar-refractivity contribution is 6.04. The largest absolute Gasteiger partial charge is 0.444 e. The lowest BCUT2D eigenvalue weighted by atomic mass is 10.1. The van der Waals surface area contributed by atoms with E-state index in [1.54, 1.807) is 41.4 Å². The van der Waals surface area contributed by atoms with Crippen molar-refractivity contribution in [1.82, 2.24) is 9.97 Å². The van der Waals surface area contributed by atoms with Crippen molar-refractivity contribution in [3.8, 4) is 34.4 Å². The number of fused-ring (bicyclic) bond motifs is 1. The van der Waals surface area contributed by atoms with Crippen molar-refractivity contribution in [3.05, 3.63) is 78.3 Å². The number of carbonyl (C=O) groups excluding carboxylic acids is 1. The van der Waals surface area contributed by atoms with Gasteiger partial charge < -0.3 is 15.1 Å². The minimum atomic E-state index is -4.48. The highest BCUT2D eigenvalue weighted by Crippen LogP contribution is 2.35. The molecular weight excluding hydrogens is 531 g/mol. The van der Waals surface area contributed by atoms with E-state index in [9.17, 15) is 18.0 Å². The van der Waals surface area contributed by atoms with Gasteiger partial charge in [0.25, 0.3) is 0 Å². The van der Waals surface area contributed by atoms with E-state index in [0.717, 1.165) is 18.6 Å². The normalized spacial score (nSPS) is 15.0. The van der Waals surface area contributed by atoms with Crippen LogP contribution in [0.25, 0.3) is 22.6 Å². The van der Waals surface area contributed by atoms with Crippen molar-refractivity contribution in [1.29, 1.82) is 0 Å². The molecule has 2 aromatic carbocycles. The monoisotopic (exact) mass is 559 g/mol. The highest BCUT2D eigenvalue weighted by Gasteiger charge is 2.31. The maximum absolute atomic E-state index is 13.9. The summed E-state index contributed by atoms with van der Waals surface area (Å²) in [7, 11) is 0. The van der Waals surface area contributed by atoms with E-state index in [0.29, 0.717) is 64.7 Å². The first-order valence-corrected chi connectivity index (χ1v) is 13.3.